The number of hydrogen-bond donors (Lipinski definition) is 0. The van der Waals surface area contributed by atoms with E-state index in [1.165, 1.54) is 17.3 Å². The molecule has 0 spiro atoms. The van der Waals surface area contributed by atoms with Gasteiger partial charge in [0.05, 0.1) is 9.82 Å². The van der Waals surface area contributed by atoms with Crippen molar-refractivity contribution in [3.8, 4) is 0 Å². The minimum absolute atomic E-state index is 0. The molecule has 0 N–H and O–H groups in total. The molecule has 0 fully saturated rings. The molecule has 0 amide bonds. The van der Waals surface area contributed by atoms with Crippen LogP contribution in [0.2, 0.25) is 0 Å². The van der Waals surface area contributed by atoms with E-state index in [4.69, 9.17) is 0 Å². The van der Waals surface area contributed by atoms with E-state index in [9.17, 15) is 10.1 Å². The molecular formula is C17H19ClN2O2S. The van der Waals surface area contributed by atoms with Crippen LogP contribution in [0.3, 0.4) is 0 Å². The highest BCUT2D eigenvalue weighted by Gasteiger charge is 2.21. The molecule has 4 nitrogen and oxygen atoms in total. The summed E-state index contributed by atoms with van der Waals surface area (Å²) in [5.41, 5.74) is 2.58. The summed E-state index contributed by atoms with van der Waals surface area (Å²) < 4.78 is 0. The highest BCUT2D eigenvalue weighted by Crippen LogP contribution is 2.37. The number of benzene rings is 2. The lowest BCUT2D eigenvalue weighted by Crippen LogP contribution is -2.20. The minimum Gasteiger partial charge on any atom is -0.306 e. The van der Waals surface area contributed by atoms with E-state index >= 15 is 0 Å². The first-order chi connectivity index (χ1) is 10.6. The summed E-state index contributed by atoms with van der Waals surface area (Å²) in [4.78, 5) is 15.2. The summed E-state index contributed by atoms with van der Waals surface area (Å²) in [6.07, 6.45) is 1.83. The van der Waals surface area contributed by atoms with Crippen molar-refractivity contribution in [3.05, 3.63) is 63.7 Å². The number of fused-ring (bicyclic) bond motifs is 1. The fraction of sp³-hybridized carbons (Fsp3) is 0.294. The molecule has 0 bridgehead atoms. The van der Waals surface area contributed by atoms with E-state index in [-0.39, 0.29) is 23.0 Å². The van der Waals surface area contributed by atoms with Gasteiger partial charge in [0.25, 0.3) is 5.69 Å². The van der Waals surface area contributed by atoms with Crippen molar-refractivity contribution < 1.29 is 4.92 Å². The van der Waals surface area contributed by atoms with Gasteiger partial charge in [0.1, 0.15) is 0 Å². The van der Waals surface area contributed by atoms with E-state index in [1.807, 2.05) is 36.4 Å². The van der Waals surface area contributed by atoms with Gasteiger partial charge in [-0.05, 0) is 49.2 Å². The molecule has 3 rings (SSSR count). The summed E-state index contributed by atoms with van der Waals surface area (Å²) in [5, 5.41) is 11.4. The van der Waals surface area contributed by atoms with Gasteiger partial charge in [-0.1, -0.05) is 30.0 Å². The molecule has 1 aliphatic heterocycles. The normalized spacial score (nSPS) is 14.5. The number of nitro groups is 1. The Balaban J connectivity index is 0.00000192. The average Bonchev–Trinajstić information content (AvgIpc) is 2.69. The van der Waals surface area contributed by atoms with Gasteiger partial charge in [-0.25, -0.2) is 0 Å². The van der Waals surface area contributed by atoms with Gasteiger partial charge >= 0.3 is 0 Å². The van der Waals surface area contributed by atoms with Crippen LogP contribution in [0.5, 0.6) is 0 Å². The summed E-state index contributed by atoms with van der Waals surface area (Å²) in [7, 11) is 2.10. The Bertz CT molecular complexity index is 694. The largest absolute Gasteiger partial charge is 0.306 e. The van der Waals surface area contributed by atoms with Crippen LogP contribution in [0.4, 0.5) is 5.69 Å². The van der Waals surface area contributed by atoms with Gasteiger partial charge in [0, 0.05) is 24.1 Å². The number of rotatable bonds is 3. The van der Waals surface area contributed by atoms with Gasteiger partial charge < -0.3 is 4.90 Å². The smallest absolute Gasteiger partial charge is 0.283 e. The van der Waals surface area contributed by atoms with Crippen molar-refractivity contribution in [2.75, 3.05) is 20.1 Å². The average molecular weight is 351 g/mol. The topological polar surface area (TPSA) is 46.4 Å². The van der Waals surface area contributed by atoms with Crippen LogP contribution < -0.4 is 0 Å². The fourth-order valence-corrected chi connectivity index (χ4v) is 3.68. The molecule has 0 aromatic heterocycles. The van der Waals surface area contributed by atoms with Crippen LogP contribution in [0.15, 0.2) is 52.3 Å². The van der Waals surface area contributed by atoms with E-state index in [0.29, 0.717) is 0 Å². The maximum Gasteiger partial charge on any atom is 0.283 e. The molecule has 0 atom stereocenters. The zero-order valence-corrected chi connectivity index (χ0v) is 14.5. The van der Waals surface area contributed by atoms with E-state index in [1.54, 1.807) is 6.07 Å². The predicted molar refractivity (Wildman–Crippen MR) is 95.8 cm³/mol. The number of nitro benzene ring substituents is 1. The monoisotopic (exact) mass is 350 g/mol. The van der Waals surface area contributed by atoms with Crippen molar-refractivity contribution in [2.24, 2.45) is 0 Å². The number of hydrogen-bond acceptors (Lipinski definition) is 4. The van der Waals surface area contributed by atoms with Gasteiger partial charge in [-0.15, -0.1) is 12.4 Å². The molecule has 0 saturated heterocycles. The lowest BCUT2D eigenvalue weighted by Gasteiger charge is -2.10. The molecule has 2 aromatic carbocycles. The summed E-state index contributed by atoms with van der Waals surface area (Å²) >= 11 is 1.47. The molecule has 0 unspecified atom stereocenters. The second-order valence-electron chi connectivity index (χ2n) is 5.56. The molecule has 0 radical (unpaired) electrons. The second kappa shape index (κ2) is 7.81. The Kier molecular flexibility index (Phi) is 6.04. The Labute approximate surface area is 146 Å². The van der Waals surface area contributed by atoms with E-state index in [2.05, 4.69) is 11.9 Å². The van der Waals surface area contributed by atoms with Gasteiger partial charge in [-0.3, -0.25) is 10.1 Å². The molecule has 1 heterocycles. The molecule has 0 aliphatic carbocycles. The maximum atomic E-state index is 11.4. The molecule has 6 heteroatoms. The van der Waals surface area contributed by atoms with Gasteiger partial charge in [0.2, 0.25) is 0 Å². The maximum absolute atomic E-state index is 11.4. The van der Waals surface area contributed by atoms with Crippen LogP contribution in [0.25, 0.3) is 0 Å². The Morgan fingerprint density at radius 3 is 2.30 bits per heavy atom. The third kappa shape index (κ3) is 4.25. The van der Waals surface area contributed by atoms with Crippen LogP contribution in [0, 0.1) is 10.1 Å². The SMILES string of the molecule is CN1CCc2cc(Sc3ccccc3)c([N+](=O)[O-])cc2CC1.Cl. The molecule has 2 aromatic rings. The van der Waals surface area contributed by atoms with Gasteiger partial charge in [-0.2, -0.15) is 0 Å². The number of halogens is 1. The van der Waals surface area contributed by atoms with E-state index < -0.39 is 0 Å². The molecule has 122 valence electrons. The van der Waals surface area contributed by atoms with Crippen molar-refractivity contribution in [3.63, 3.8) is 0 Å². The second-order valence-corrected chi connectivity index (χ2v) is 6.68. The summed E-state index contributed by atoms with van der Waals surface area (Å²) in [6.45, 7) is 1.95. The molecular weight excluding hydrogens is 332 g/mol. The van der Waals surface area contributed by atoms with Crippen molar-refractivity contribution in [1.82, 2.24) is 4.90 Å². The lowest BCUT2D eigenvalue weighted by atomic mass is 10.0. The van der Waals surface area contributed by atoms with Crippen LogP contribution in [-0.4, -0.2) is 30.0 Å². The molecule has 23 heavy (non-hydrogen) atoms. The van der Waals surface area contributed by atoms with Crippen molar-refractivity contribution in [1.29, 1.82) is 0 Å². The third-order valence-corrected chi connectivity index (χ3v) is 5.03. The quantitative estimate of drug-likeness (QED) is 0.615. The first kappa shape index (κ1) is 17.8. The first-order valence-corrected chi connectivity index (χ1v) is 8.17. The molecule has 1 aliphatic rings. The first-order valence-electron chi connectivity index (χ1n) is 7.35. The highest BCUT2D eigenvalue weighted by molar-refractivity contribution is 7.99. The summed E-state index contributed by atoms with van der Waals surface area (Å²) in [5.74, 6) is 0. The van der Waals surface area contributed by atoms with Crippen molar-refractivity contribution in [2.45, 2.75) is 22.6 Å². The fourth-order valence-electron chi connectivity index (χ4n) is 2.69. The van der Waals surface area contributed by atoms with Gasteiger partial charge in [0.15, 0.2) is 0 Å². The summed E-state index contributed by atoms with van der Waals surface area (Å²) in [6, 6.07) is 13.6. The predicted octanol–water partition coefficient (Wildman–Crippen LogP) is 4.20. The molecule has 0 saturated carbocycles. The van der Waals surface area contributed by atoms with Crippen molar-refractivity contribution >= 4 is 29.9 Å². The van der Waals surface area contributed by atoms with Crippen LogP contribution in [0.1, 0.15) is 11.1 Å². The van der Waals surface area contributed by atoms with E-state index in [0.717, 1.165) is 41.3 Å². The zero-order chi connectivity index (χ0) is 15.5. The van der Waals surface area contributed by atoms with Crippen LogP contribution >= 0.6 is 24.2 Å². The third-order valence-electron chi connectivity index (χ3n) is 3.97. The highest BCUT2D eigenvalue weighted by atomic mass is 35.5. The number of nitrogens with zero attached hydrogens (tertiary/aromatic N) is 2. The zero-order valence-electron chi connectivity index (χ0n) is 12.9. The Morgan fingerprint density at radius 2 is 1.70 bits per heavy atom. The Hall–Kier alpha value is -1.56. The number of likely N-dealkylation sites (N-methyl/N-ethyl adjacent to an activating group) is 1. The lowest BCUT2D eigenvalue weighted by molar-refractivity contribution is -0.387. The standard InChI is InChI=1S/C17H18N2O2S.ClH/c1-18-9-7-13-11-16(19(20)21)17(12-14(13)8-10-18)22-15-5-3-2-4-6-15;/h2-6,11-12H,7-10H2,1H3;1H. The van der Waals surface area contributed by atoms with Crippen LogP contribution in [-0.2, 0) is 12.8 Å². The minimum atomic E-state index is -0.264. The Morgan fingerprint density at radius 1 is 1.09 bits per heavy atom.